The number of halogens is 1. The molecule has 0 bridgehead atoms. The third kappa shape index (κ3) is 5.99. The molecule has 0 amide bonds. The van der Waals surface area contributed by atoms with Gasteiger partial charge in [0.25, 0.3) is 0 Å². The van der Waals surface area contributed by atoms with Crippen molar-refractivity contribution in [1.82, 2.24) is 0 Å². The van der Waals surface area contributed by atoms with Crippen LogP contribution < -0.4 is 0 Å². The summed E-state index contributed by atoms with van der Waals surface area (Å²) in [7, 11) is 4.91. The Hall–Kier alpha value is -0.00506. The summed E-state index contributed by atoms with van der Waals surface area (Å²) < 4.78 is 12.0. The summed E-state index contributed by atoms with van der Waals surface area (Å²) in [6.07, 6.45) is -0.720. The van der Waals surface area contributed by atoms with Gasteiger partial charge in [0.2, 0.25) is 0 Å². The molecule has 0 nitrogen and oxygen atoms in total. The molecule has 8 heavy (non-hydrogen) atoms. The van der Waals surface area contributed by atoms with Crippen molar-refractivity contribution in [3.63, 3.8) is 0 Å². The zero-order valence-corrected chi connectivity index (χ0v) is 5.74. The Balaban J connectivity index is 3.39. The van der Waals surface area contributed by atoms with Crippen LogP contribution in [0, 0.1) is 5.41 Å². The summed E-state index contributed by atoms with van der Waals surface area (Å²) in [4.78, 5) is 0. The smallest absolute Gasteiger partial charge is 0.116 e. The summed E-state index contributed by atoms with van der Waals surface area (Å²) in [5, 5.41) is 0. The standard InChI is InChI=1S/C6H12BF/c1-6(2,3)4-5(7)8/h5H,4H2,1-3H3. The minimum absolute atomic E-state index is 0.0220. The van der Waals surface area contributed by atoms with E-state index in [9.17, 15) is 4.39 Å². The molecule has 1 atom stereocenters. The first-order valence-corrected chi connectivity index (χ1v) is 2.81. The molecule has 2 heteroatoms. The van der Waals surface area contributed by atoms with Crippen molar-refractivity contribution < 1.29 is 4.39 Å². The van der Waals surface area contributed by atoms with E-state index in [0.717, 1.165) is 0 Å². The molecule has 0 rings (SSSR count). The van der Waals surface area contributed by atoms with Crippen LogP contribution in [0.1, 0.15) is 27.2 Å². The Bertz CT molecular complexity index is 63.4. The molecule has 0 aliphatic carbocycles. The number of rotatable bonds is 1. The van der Waals surface area contributed by atoms with Crippen LogP contribution in [0.4, 0.5) is 4.39 Å². The van der Waals surface area contributed by atoms with Gasteiger partial charge in [0, 0.05) is 0 Å². The monoisotopic (exact) mass is 114 g/mol. The van der Waals surface area contributed by atoms with Gasteiger partial charge in [0.05, 0.1) is 6.07 Å². The molecule has 0 aromatic rings. The predicted octanol–water partition coefficient (Wildman–Crippen LogP) is 1.89. The van der Waals surface area contributed by atoms with Gasteiger partial charge >= 0.3 is 0 Å². The van der Waals surface area contributed by atoms with Crippen molar-refractivity contribution in [2.24, 2.45) is 5.41 Å². The third-order valence-electron chi connectivity index (χ3n) is 0.807. The summed E-state index contributed by atoms with van der Waals surface area (Å²) in [5.74, 6) is 0. The molecule has 0 aliphatic rings. The molecule has 0 aromatic carbocycles. The van der Waals surface area contributed by atoms with Crippen LogP contribution >= 0.6 is 0 Å². The van der Waals surface area contributed by atoms with E-state index in [1.54, 1.807) is 0 Å². The zero-order chi connectivity index (χ0) is 6.78. The maximum Gasteiger partial charge on any atom is 0.116 e. The van der Waals surface area contributed by atoms with Gasteiger partial charge in [-0.2, -0.15) is 0 Å². The molecule has 46 valence electrons. The molecule has 0 heterocycles. The van der Waals surface area contributed by atoms with Crippen molar-refractivity contribution in [2.45, 2.75) is 33.3 Å². The highest BCUT2D eigenvalue weighted by Crippen LogP contribution is 2.20. The fourth-order valence-electron chi connectivity index (χ4n) is 0.585. The maximum absolute atomic E-state index is 12.0. The van der Waals surface area contributed by atoms with Gasteiger partial charge in [-0.15, -0.1) is 0 Å². The first-order chi connectivity index (χ1) is 3.42. The molecule has 0 saturated carbocycles. The lowest BCUT2D eigenvalue weighted by atomic mass is 9.83. The first kappa shape index (κ1) is 7.99. The molecular formula is C6H12BF. The van der Waals surface area contributed by atoms with Crippen molar-refractivity contribution in [1.29, 1.82) is 0 Å². The van der Waals surface area contributed by atoms with Crippen LogP contribution in [0.5, 0.6) is 0 Å². The molecule has 2 radical (unpaired) electrons. The highest BCUT2D eigenvalue weighted by atomic mass is 19.1. The molecular weight excluding hydrogens is 102 g/mol. The second-order valence-corrected chi connectivity index (χ2v) is 3.28. The van der Waals surface area contributed by atoms with Crippen LogP contribution in [-0.2, 0) is 0 Å². The van der Waals surface area contributed by atoms with Crippen molar-refractivity contribution in [3.05, 3.63) is 0 Å². The SMILES string of the molecule is [B]C(F)CC(C)(C)C. The van der Waals surface area contributed by atoms with E-state index in [1.165, 1.54) is 0 Å². The average Bonchev–Trinajstić information content (AvgIpc) is 1.21. The largest absolute Gasteiger partial charge is 0.258 e. The normalized spacial score (nSPS) is 16.0. The third-order valence-corrected chi connectivity index (χ3v) is 0.807. The van der Waals surface area contributed by atoms with Crippen molar-refractivity contribution in [2.75, 3.05) is 0 Å². The molecule has 1 unspecified atom stereocenters. The van der Waals surface area contributed by atoms with E-state index in [2.05, 4.69) is 0 Å². The molecule has 0 aromatic heterocycles. The lowest BCUT2D eigenvalue weighted by Gasteiger charge is -2.18. The molecule has 0 N–H and O–H groups in total. The van der Waals surface area contributed by atoms with Crippen LogP contribution in [-0.4, -0.2) is 13.9 Å². The van der Waals surface area contributed by atoms with Crippen molar-refractivity contribution in [3.8, 4) is 0 Å². The summed E-state index contributed by atoms with van der Waals surface area (Å²) in [5.41, 5.74) is 0.0220. The fraction of sp³-hybridized carbons (Fsp3) is 1.00. The maximum atomic E-state index is 12.0. The molecule has 0 fully saturated rings. The van der Waals surface area contributed by atoms with Gasteiger partial charge < -0.3 is 0 Å². The van der Waals surface area contributed by atoms with Crippen LogP contribution in [0.25, 0.3) is 0 Å². The second-order valence-electron chi connectivity index (χ2n) is 3.28. The topological polar surface area (TPSA) is 0 Å². The van der Waals surface area contributed by atoms with E-state index in [-0.39, 0.29) is 5.41 Å². The Labute approximate surface area is 51.9 Å². The quantitative estimate of drug-likeness (QED) is 0.456. The zero-order valence-electron chi connectivity index (χ0n) is 5.74. The fourth-order valence-corrected chi connectivity index (χ4v) is 0.585. The van der Waals surface area contributed by atoms with Gasteiger partial charge in [-0.25, -0.2) is 0 Å². The van der Waals surface area contributed by atoms with Gasteiger partial charge in [-0.3, -0.25) is 4.39 Å². The summed E-state index contributed by atoms with van der Waals surface area (Å²) in [6.45, 7) is 5.89. The summed E-state index contributed by atoms with van der Waals surface area (Å²) in [6, 6.07) is 0. The number of hydrogen-bond donors (Lipinski definition) is 0. The minimum atomic E-state index is -1.16. The average molecular weight is 114 g/mol. The van der Waals surface area contributed by atoms with Gasteiger partial charge in [0.1, 0.15) is 7.85 Å². The first-order valence-electron chi connectivity index (χ1n) is 2.81. The van der Waals surface area contributed by atoms with Gasteiger partial charge in [-0.1, -0.05) is 20.8 Å². The van der Waals surface area contributed by atoms with E-state index >= 15 is 0 Å². The van der Waals surface area contributed by atoms with E-state index < -0.39 is 6.07 Å². The summed E-state index contributed by atoms with van der Waals surface area (Å²) >= 11 is 0. The Morgan fingerprint density at radius 1 is 1.50 bits per heavy atom. The van der Waals surface area contributed by atoms with Crippen LogP contribution in [0.2, 0.25) is 0 Å². The minimum Gasteiger partial charge on any atom is -0.258 e. The van der Waals surface area contributed by atoms with Gasteiger partial charge in [0.15, 0.2) is 0 Å². The Kier molecular flexibility index (Phi) is 2.51. The van der Waals surface area contributed by atoms with E-state index in [4.69, 9.17) is 7.85 Å². The number of alkyl halides is 1. The highest BCUT2D eigenvalue weighted by Gasteiger charge is 2.13. The molecule has 0 saturated heterocycles. The Morgan fingerprint density at radius 2 is 1.88 bits per heavy atom. The second kappa shape index (κ2) is 2.52. The van der Waals surface area contributed by atoms with E-state index in [0.29, 0.717) is 6.42 Å². The highest BCUT2D eigenvalue weighted by molar-refractivity contribution is 6.10. The van der Waals surface area contributed by atoms with Crippen LogP contribution in [0.3, 0.4) is 0 Å². The lowest BCUT2D eigenvalue weighted by molar-refractivity contribution is 0.288. The lowest BCUT2D eigenvalue weighted by Crippen LogP contribution is -2.13. The number of hydrogen-bond acceptors (Lipinski definition) is 0. The molecule has 0 aliphatic heterocycles. The molecule has 0 spiro atoms. The Morgan fingerprint density at radius 3 is 1.88 bits per heavy atom. The van der Waals surface area contributed by atoms with Crippen LogP contribution in [0.15, 0.2) is 0 Å². The predicted molar refractivity (Wildman–Crippen MR) is 34.7 cm³/mol. The van der Waals surface area contributed by atoms with Gasteiger partial charge in [-0.05, 0) is 11.8 Å². The van der Waals surface area contributed by atoms with Crippen molar-refractivity contribution >= 4 is 7.85 Å². The van der Waals surface area contributed by atoms with E-state index in [1.807, 2.05) is 20.8 Å².